The molecule has 3 heteroatoms. The lowest BCUT2D eigenvalue weighted by atomic mass is 9.90. The molecule has 1 atom stereocenters. The maximum atomic E-state index is 10.8. The molecule has 1 rings (SSSR count). The zero-order valence-electron chi connectivity index (χ0n) is 9.67. The third-order valence-electron chi connectivity index (χ3n) is 3.33. The van der Waals surface area contributed by atoms with Gasteiger partial charge in [0.05, 0.1) is 6.42 Å². The molecule has 0 saturated heterocycles. The highest BCUT2D eigenvalue weighted by Gasteiger charge is 2.23. The molecule has 0 amide bonds. The van der Waals surface area contributed by atoms with E-state index in [1.807, 2.05) is 6.92 Å². The number of carbonyl (C=O) groups is 1. The third-order valence-corrected chi connectivity index (χ3v) is 3.33. The van der Waals surface area contributed by atoms with E-state index in [-0.39, 0.29) is 12.5 Å². The van der Waals surface area contributed by atoms with Gasteiger partial charge in [0.15, 0.2) is 0 Å². The van der Waals surface area contributed by atoms with E-state index < -0.39 is 5.97 Å². The van der Waals surface area contributed by atoms with E-state index in [1.54, 1.807) is 0 Å². The Balaban J connectivity index is 2.47. The highest BCUT2D eigenvalue weighted by molar-refractivity contribution is 5.67. The van der Waals surface area contributed by atoms with Crippen LogP contribution in [0.1, 0.15) is 51.9 Å². The molecule has 15 heavy (non-hydrogen) atoms. The predicted octanol–water partition coefficient (Wildman–Crippen LogP) is 2.41. The van der Waals surface area contributed by atoms with Crippen LogP contribution in [0.25, 0.3) is 0 Å². The minimum Gasteiger partial charge on any atom is -0.481 e. The topological polar surface area (TPSA) is 49.3 Å². The average molecular weight is 213 g/mol. The van der Waals surface area contributed by atoms with Crippen molar-refractivity contribution in [1.82, 2.24) is 5.32 Å². The summed E-state index contributed by atoms with van der Waals surface area (Å²) in [6.45, 7) is 2.92. The zero-order chi connectivity index (χ0) is 11.1. The predicted molar refractivity (Wildman–Crippen MR) is 60.9 cm³/mol. The zero-order valence-corrected chi connectivity index (χ0v) is 9.67. The van der Waals surface area contributed by atoms with Crippen LogP contribution in [0, 0.1) is 5.92 Å². The van der Waals surface area contributed by atoms with Crippen molar-refractivity contribution in [3.05, 3.63) is 0 Å². The third kappa shape index (κ3) is 4.65. The minimum atomic E-state index is -0.676. The highest BCUT2D eigenvalue weighted by Crippen LogP contribution is 2.26. The van der Waals surface area contributed by atoms with Crippen LogP contribution in [0.5, 0.6) is 0 Å². The molecule has 0 bridgehead atoms. The molecule has 0 radical (unpaired) electrons. The number of carboxylic acid groups (broad SMARTS) is 1. The Morgan fingerprint density at radius 3 is 2.40 bits per heavy atom. The fourth-order valence-corrected chi connectivity index (χ4v) is 2.57. The molecular weight excluding hydrogens is 190 g/mol. The minimum absolute atomic E-state index is 0.186. The molecule has 0 aliphatic heterocycles. The Labute approximate surface area is 92.3 Å². The molecule has 0 aromatic heterocycles. The molecule has 1 saturated carbocycles. The fourth-order valence-electron chi connectivity index (χ4n) is 2.57. The summed E-state index contributed by atoms with van der Waals surface area (Å²) in [6, 6.07) is 0.186. The van der Waals surface area contributed by atoms with E-state index in [1.165, 1.54) is 38.5 Å². The molecule has 1 aliphatic rings. The Bertz CT molecular complexity index is 186. The molecule has 0 heterocycles. The summed E-state index contributed by atoms with van der Waals surface area (Å²) in [4.78, 5) is 10.8. The van der Waals surface area contributed by atoms with Gasteiger partial charge in [-0.15, -0.1) is 0 Å². The SMILES string of the molecule is CCNC(CC(=O)O)C1CCCCCC1. The highest BCUT2D eigenvalue weighted by atomic mass is 16.4. The first-order chi connectivity index (χ1) is 7.24. The molecule has 2 N–H and O–H groups in total. The number of hydrogen-bond donors (Lipinski definition) is 2. The maximum Gasteiger partial charge on any atom is 0.304 e. The fraction of sp³-hybridized carbons (Fsp3) is 0.917. The van der Waals surface area contributed by atoms with E-state index >= 15 is 0 Å². The van der Waals surface area contributed by atoms with E-state index in [4.69, 9.17) is 5.11 Å². The Kier molecular flexibility index (Phi) is 5.69. The van der Waals surface area contributed by atoms with Crippen molar-refractivity contribution in [3.63, 3.8) is 0 Å². The molecule has 0 aromatic carbocycles. The standard InChI is InChI=1S/C12H23NO2/c1-2-13-11(9-12(14)15)10-7-5-3-4-6-8-10/h10-11,13H,2-9H2,1H3,(H,14,15). The van der Waals surface area contributed by atoms with Gasteiger partial charge in [-0.1, -0.05) is 32.6 Å². The molecular formula is C12H23NO2. The van der Waals surface area contributed by atoms with E-state index in [9.17, 15) is 4.79 Å². The van der Waals surface area contributed by atoms with Crippen LogP contribution < -0.4 is 5.32 Å². The van der Waals surface area contributed by atoms with Gasteiger partial charge in [0.2, 0.25) is 0 Å². The van der Waals surface area contributed by atoms with Gasteiger partial charge in [0.25, 0.3) is 0 Å². The largest absolute Gasteiger partial charge is 0.481 e. The summed E-state index contributed by atoms with van der Waals surface area (Å²) in [5.41, 5.74) is 0. The van der Waals surface area contributed by atoms with Crippen LogP contribution in [0.2, 0.25) is 0 Å². The summed E-state index contributed by atoms with van der Waals surface area (Å²) in [5.74, 6) is -0.103. The summed E-state index contributed by atoms with van der Waals surface area (Å²) in [6.07, 6.45) is 7.86. The maximum absolute atomic E-state index is 10.8. The Morgan fingerprint density at radius 2 is 1.93 bits per heavy atom. The second kappa shape index (κ2) is 6.83. The second-order valence-corrected chi connectivity index (χ2v) is 4.51. The normalized spacial score (nSPS) is 20.9. The second-order valence-electron chi connectivity index (χ2n) is 4.51. The summed E-state index contributed by atoms with van der Waals surface area (Å²) < 4.78 is 0. The molecule has 3 nitrogen and oxygen atoms in total. The quantitative estimate of drug-likeness (QED) is 0.689. The van der Waals surface area contributed by atoms with E-state index in [0.717, 1.165) is 6.54 Å². The van der Waals surface area contributed by atoms with Crippen molar-refractivity contribution in [3.8, 4) is 0 Å². The van der Waals surface area contributed by atoms with Gasteiger partial charge in [-0.3, -0.25) is 4.79 Å². The molecule has 0 aromatic rings. The van der Waals surface area contributed by atoms with Gasteiger partial charge in [-0.2, -0.15) is 0 Å². The number of aliphatic carboxylic acids is 1. The Hall–Kier alpha value is -0.570. The van der Waals surface area contributed by atoms with E-state index in [2.05, 4.69) is 5.32 Å². The monoisotopic (exact) mass is 213 g/mol. The van der Waals surface area contributed by atoms with Gasteiger partial charge in [-0.25, -0.2) is 0 Å². The van der Waals surface area contributed by atoms with E-state index in [0.29, 0.717) is 5.92 Å². The molecule has 1 aliphatic carbocycles. The summed E-state index contributed by atoms with van der Waals surface area (Å²) in [7, 11) is 0. The van der Waals surface area contributed by atoms with Crippen LogP contribution in [-0.2, 0) is 4.79 Å². The first-order valence-electron chi connectivity index (χ1n) is 6.19. The molecule has 1 fully saturated rings. The van der Waals surface area contributed by atoms with Crippen molar-refractivity contribution in [1.29, 1.82) is 0 Å². The van der Waals surface area contributed by atoms with Crippen LogP contribution in [0.15, 0.2) is 0 Å². The van der Waals surface area contributed by atoms with Crippen molar-refractivity contribution in [2.24, 2.45) is 5.92 Å². The van der Waals surface area contributed by atoms with Crippen molar-refractivity contribution in [2.45, 2.75) is 57.9 Å². The first kappa shape index (κ1) is 12.5. The van der Waals surface area contributed by atoms with Crippen molar-refractivity contribution in [2.75, 3.05) is 6.54 Å². The lowest BCUT2D eigenvalue weighted by molar-refractivity contribution is -0.137. The van der Waals surface area contributed by atoms with Crippen molar-refractivity contribution >= 4 is 5.97 Å². The lowest BCUT2D eigenvalue weighted by Crippen LogP contribution is -2.37. The molecule has 0 spiro atoms. The number of hydrogen-bond acceptors (Lipinski definition) is 2. The molecule has 1 unspecified atom stereocenters. The van der Waals surface area contributed by atoms with Crippen LogP contribution >= 0.6 is 0 Å². The van der Waals surface area contributed by atoms with Crippen LogP contribution in [-0.4, -0.2) is 23.7 Å². The van der Waals surface area contributed by atoms with Crippen LogP contribution in [0.3, 0.4) is 0 Å². The van der Waals surface area contributed by atoms with Gasteiger partial charge >= 0.3 is 5.97 Å². The van der Waals surface area contributed by atoms with Gasteiger partial charge in [-0.05, 0) is 25.3 Å². The molecule has 88 valence electrons. The first-order valence-corrected chi connectivity index (χ1v) is 6.19. The Morgan fingerprint density at radius 1 is 1.33 bits per heavy atom. The average Bonchev–Trinajstić information content (AvgIpc) is 2.44. The number of carboxylic acids is 1. The lowest BCUT2D eigenvalue weighted by Gasteiger charge is -2.25. The summed E-state index contributed by atoms with van der Waals surface area (Å²) >= 11 is 0. The van der Waals surface area contributed by atoms with Crippen LogP contribution in [0.4, 0.5) is 0 Å². The van der Waals surface area contributed by atoms with Crippen molar-refractivity contribution < 1.29 is 9.90 Å². The van der Waals surface area contributed by atoms with Gasteiger partial charge < -0.3 is 10.4 Å². The number of nitrogens with one attached hydrogen (secondary N) is 1. The number of rotatable bonds is 5. The summed E-state index contributed by atoms with van der Waals surface area (Å²) in [5, 5.41) is 12.2. The smallest absolute Gasteiger partial charge is 0.304 e. The van der Waals surface area contributed by atoms with Gasteiger partial charge in [0, 0.05) is 6.04 Å². The van der Waals surface area contributed by atoms with Gasteiger partial charge in [0.1, 0.15) is 0 Å².